The molecule has 1 aliphatic heterocycles. The predicted molar refractivity (Wildman–Crippen MR) is 69.6 cm³/mol. The van der Waals surface area contributed by atoms with E-state index in [9.17, 15) is 19.2 Å². The zero-order valence-electron chi connectivity index (χ0n) is 11.1. The lowest BCUT2D eigenvalue weighted by Gasteiger charge is -2.07. The summed E-state index contributed by atoms with van der Waals surface area (Å²) in [6, 6.07) is 0. The number of carbonyl (C=O) groups excluding carboxylic acids is 4. The minimum absolute atomic E-state index is 0.00707. The lowest BCUT2D eigenvalue weighted by molar-refractivity contribution is -0.148. The number of amides is 2. The highest BCUT2D eigenvalue weighted by Gasteiger charge is 2.09. The van der Waals surface area contributed by atoms with Crippen LogP contribution in [0.2, 0.25) is 0 Å². The second-order valence-electron chi connectivity index (χ2n) is 4.31. The summed E-state index contributed by atoms with van der Waals surface area (Å²) >= 11 is 0. The van der Waals surface area contributed by atoms with Crippen LogP contribution in [0.25, 0.3) is 0 Å². The largest absolute Gasteiger partial charge is 0.458 e. The molecule has 0 saturated carbocycles. The number of allylic oxidation sites excluding steroid dienone is 1. The summed E-state index contributed by atoms with van der Waals surface area (Å²) in [4.78, 5) is 45.3. The van der Waals surface area contributed by atoms with Crippen LogP contribution in [0.5, 0.6) is 0 Å². The molecule has 0 atom stereocenters. The standard InChI is InChI=1S/C13H18N2O5/c16-10-4-2-1-3-5-11(17)15-8-12(18)14-7-6-13(19)20-9-10/h3,5H,1-2,4,6-9H2,(H,14,18)(H,15,17). The lowest BCUT2D eigenvalue weighted by Crippen LogP contribution is -2.37. The fourth-order valence-corrected chi connectivity index (χ4v) is 1.51. The number of rotatable bonds is 0. The van der Waals surface area contributed by atoms with E-state index in [1.165, 1.54) is 6.08 Å². The number of cyclic esters (lactones) is 1. The third kappa shape index (κ3) is 7.30. The molecule has 0 aromatic rings. The molecule has 7 heteroatoms. The summed E-state index contributed by atoms with van der Waals surface area (Å²) in [5, 5.41) is 4.88. The summed E-state index contributed by atoms with van der Waals surface area (Å²) in [7, 11) is 0. The Labute approximate surface area is 116 Å². The first-order chi connectivity index (χ1) is 9.58. The minimum Gasteiger partial charge on any atom is -0.458 e. The molecule has 1 aliphatic rings. The van der Waals surface area contributed by atoms with Gasteiger partial charge < -0.3 is 15.4 Å². The van der Waals surface area contributed by atoms with Crippen molar-refractivity contribution in [1.82, 2.24) is 10.6 Å². The van der Waals surface area contributed by atoms with Crippen molar-refractivity contribution < 1.29 is 23.9 Å². The van der Waals surface area contributed by atoms with Crippen LogP contribution in [0.3, 0.4) is 0 Å². The van der Waals surface area contributed by atoms with Crippen LogP contribution in [-0.4, -0.2) is 43.3 Å². The van der Waals surface area contributed by atoms with Gasteiger partial charge in [-0.3, -0.25) is 19.2 Å². The fraction of sp³-hybridized carbons (Fsp3) is 0.538. The van der Waals surface area contributed by atoms with E-state index in [2.05, 4.69) is 10.6 Å². The second kappa shape index (κ2) is 8.84. The first kappa shape index (κ1) is 15.9. The molecular formula is C13H18N2O5. The van der Waals surface area contributed by atoms with Gasteiger partial charge in [0.15, 0.2) is 5.78 Å². The van der Waals surface area contributed by atoms with E-state index in [1.54, 1.807) is 6.08 Å². The van der Waals surface area contributed by atoms with Crippen LogP contribution in [-0.2, 0) is 23.9 Å². The van der Waals surface area contributed by atoms with Gasteiger partial charge in [-0.1, -0.05) is 6.08 Å². The first-order valence-corrected chi connectivity index (χ1v) is 6.46. The van der Waals surface area contributed by atoms with Gasteiger partial charge in [0.2, 0.25) is 11.8 Å². The molecular weight excluding hydrogens is 264 g/mol. The zero-order chi connectivity index (χ0) is 14.8. The van der Waals surface area contributed by atoms with Crippen molar-refractivity contribution in [3.05, 3.63) is 12.2 Å². The van der Waals surface area contributed by atoms with E-state index < -0.39 is 5.97 Å². The maximum Gasteiger partial charge on any atom is 0.308 e. The molecule has 0 aromatic carbocycles. The Morgan fingerprint density at radius 2 is 1.85 bits per heavy atom. The van der Waals surface area contributed by atoms with E-state index in [-0.39, 0.29) is 43.7 Å². The SMILES string of the molecule is O=C1CCCC=CC(=O)NCC(=O)NCCC(=O)OC1. The van der Waals surface area contributed by atoms with Crippen LogP contribution in [0.1, 0.15) is 25.7 Å². The summed E-state index contributed by atoms with van der Waals surface area (Å²) in [6.07, 6.45) is 4.42. The van der Waals surface area contributed by atoms with Gasteiger partial charge in [0, 0.05) is 13.0 Å². The highest BCUT2D eigenvalue weighted by molar-refractivity contribution is 5.91. The Bertz CT molecular complexity index is 417. The predicted octanol–water partition coefficient (Wildman–Crippen LogP) is -0.539. The lowest BCUT2D eigenvalue weighted by atomic mass is 10.2. The van der Waals surface area contributed by atoms with Crippen LogP contribution < -0.4 is 10.6 Å². The number of hydrogen-bond acceptors (Lipinski definition) is 5. The van der Waals surface area contributed by atoms with Crippen molar-refractivity contribution in [3.63, 3.8) is 0 Å². The topological polar surface area (TPSA) is 102 Å². The van der Waals surface area contributed by atoms with Crippen LogP contribution in [0.4, 0.5) is 0 Å². The number of Topliss-reactive ketones (excluding diaryl/α,β-unsaturated/α-hetero) is 1. The van der Waals surface area contributed by atoms with Gasteiger partial charge in [-0.05, 0) is 18.9 Å². The molecule has 0 unspecified atom stereocenters. The average molecular weight is 282 g/mol. The number of ketones is 1. The van der Waals surface area contributed by atoms with Gasteiger partial charge in [0.25, 0.3) is 0 Å². The van der Waals surface area contributed by atoms with Crippen LogP contribution >= 0.6 is 0 Å². The Morgan fingerprint density at radius 1 is 1.05 bits per heavy atom. The van der Waals surface area contributed by atoms with Crippen molar-refractivity contribution in [2.45, 2.75) is 25.7 Å². The molecule has 0 aromatic heterocycles. The molecule has 0 aliphatic carbocycles. The number of carbonyl (C=O) groups is 4. The molecule has 0 saturated heterocycles. The maximum absolute atomic E-state index is 11.4. The highest BCUT2D eigenvalue weighted by atomic mass is 16.5. The average Bonchev–Trinajstić information content (AvgIpc) is 2.41. The number of hydrogen-bond donors (Lipinski definition) is 2. The number of ether oxygens (including phenoxy) is 1. The van der Waals surface area contributed by atoms with E-state index in [0.717, 1.165) is 0 Å². The van der Waals surface area contributed by atoms with Crippen LogP contribution in [0, 0.1) is 0 Å². The molecule has 110 valence electrons. The molecule has 1 heterocycles. The molecule has 20 heavy (non-hydrogen) atoms. The van der Waals surface area contributed by atoms with Crippen molar-refractivity contribution >= 4 is 23.6 Å². The summed E-state index contributed by atoms with van der Waals surface area (Å²) in [5.41, 5.74) is 0. The molecule has 7 nitrogen and oxygen atoms in total. The van der Waals surface area contributed by atoms with Crippen molar-refractivity contribution in [3.8, 4) is 0 Å². The van der Waals surface area contributed by atoms with Gasteiger partial charge in [0.1, 0.15) is 6.61 Å². The molecule has 0 fully saturated rings. The Balaban J connectivity index is 2.50. The first-order valence-electron chi connectivity index (χ1n) is 6.46. The smallest absolute Gasteiger partial charge is 0.308 e. The van der Waals surface area contributed by atoms with Crippen molar-refractivity contribution in [2.75, 3.05) is 19.7 Å². The quantitative estimate of drug-likeness (QED) is 0.581. The zero-order valence-corrected chi connectivity index (χ0v) is 11.1. The molecule has 1 rings (SSSR count). The monoisotopic (exact) mass is 282 g/mol. The summed E-state index contributed by atoms with van der Waals surface area (Å²) < 4.78 is 4.78. The molecule has 2 N–H and O–H groups in total. The maximum atomic E-state index is 11.4. The molecule has 0 radical (unpaired) electrons. The summed E-state index contributed by atoms with van der Waals surface area (Å²) in [5.74, 6) is -1.44. The third-order valence-electron chi connectivity index (χ3n) is 2.56. The van der Waals surface area contributed by atoms with E-state index >= 15 is 0 Å². The Hall–Kier alpha value is -2.18. The minimum atomic E-state index is -0.533. The molecule has 0 bridgehead atoms. The Kier molecular flexibility index (Phi) is 7.02. The van der Waals surface area contributed by atoms with Crippen LogP contribution in [0.15, 0.2) is 12.2 Å². The van der Waals surface area contributed by atoms with Gasteiger partial charge in [-0.2, -0.15) is 0 Å². The second-order valence-corrected chi connectivity index (χ2v) is 4.31. The third-order valence-corrected chi connectivity index (χ3v) is 2.56. The van der Waals surface area contributed by atoms with Gasteiger partial charge in [-0.25, -0.2) is 0 Å². The van der Waals surface area contributed by atoms with E-state index in [0.29, 0.717) is 19.3 Å². The van der Waals surface area contributed by atoms with E-state index in [1.807, 2.05) is 0 Å². The molecule has 0 spiro atoms. The van der Waals surface area contributed by atoms with Gasteiger partial charge in [-0.15, -0.1) is 0 Å². The van der Waals surface area contributed by atoms with Crippen molar-refractivity contribution in [2.24, 2.45) is 0 Å². The highest BCUT2D eigenvalue weighted by Crippen LogP contribution is 1.99. The van der Waals surface area contributed by atoms with Gasteiger partial charge in [0.05, 0.1) is 13.0 Å². The number of nitrogens with one attached hydrogen (secondary N) is 2. The fourth-order valence-electron chi connectivity index (χ4n) is 1.51. The Morgan fingerprint density at radius 3 is 2.65 bits per heavy atom. The summed E-state index contributed by atoms with van der Waals surface area (Å²) in [6.45, 7) is -0.273. The van der Waals surface area contributed by atoms with Gasteiger partial charge >= 0.3 is 5.97 Å². The molecule has 2 amide bonds. The number of esters is 1. The normalized spacial score (nSPS) is 20.0. The van der Waals surface area contributed by atoms with Crippen molar-refractivity contribution in [1.29, 1.82) is 0 Å². The van der Waals surface area contributed by atoms with E-state index in [4.69, 9.17) is 4.74 Å².